The summed E-state index contributed by atoms with van der Waals surface area (Å²) < 4.78 is 1.95. The summed E-state index contributed by atoms with van der Waals surface area (Å²) in [5, 5.41) is 4.84. The first-order valence-electron chi connectivity index (χ1n) is 11.9. The van der Waals surface area contributed by atoms with Crippen LogP contribution in [0.3, 0.4) is 0 Å². The Balaban J connectivity index is 1.32. The molecule has 4 aliphatic rings. The largest absolute Gasteiger partial charge is 0.338 e. The van der Waals surface area contributed by atoms with Crippen molar-refractivity contribution in [3.8, 4) is 11.3 Å². The molecule has 0 bridgehead atoms. The second-order valence-electron chi connectivity index (χ2n) is 10.1. The average molecular weight is 420 g/mol. The molecule has 0 saturated carbocycles. The van der Waals surface area contributed by atoms with Crippen LogP contribution in [0.2, 0.25) is 0 Å². The summed E-state index contributed by atoms with van der Waals surface area (Å²) in [5.41, 5.74) is 3.28. The maximum atomic E-state index is 14.0. The number of amides is 1. The van der Waals surface area contributed by atoms with E-state index in [-0.39, 0.29) is 5.54 Å². The Bertz CT molecular complexity index is 979. The van der Waals surface area contributed by atoms with Crippen LogP contribution >= 0.6 is 0 Å². The first-order chi connectivity index (χ1) is 15.1. The van der Waals surface area contributed by atoms with Crippen molar-refractivity contribution in [1.82, 2.24) is 24.5 Å². The lowest BCUT2D eigenvalue weighted by molar-refractivity contribution is -0.139. The average Bonchev–Trinajstić information content (AvgIpc) is 3.51. The first-order valence-corrected chi connectivity index (χ1v) is 11.9. The van der Waals surface area contributed by atoms with Crippen molar-refractivity contribution < 1.29 is 4.79 Å². The lowest BCUT2D eigenvalue weighted by Gasteiger charge is -2.38. The SMILES string of the molecule is CN1CCC(N2C[C@@H]3C[C@@H](c4cn(C)nc4-c4ccccc4)N4CCC[C@@]34C2=O)CC1. The van der Waals surface area contributed by atoms with Crippen LogP contribution in [0.5, 0.6) is 0 Å². The molecule has 4 fully saturated rings. The molecule has 0 unspecified atom stereocenters. The van der Waals surface area contributed by atoms with E-state index in [1.807, 2.05) is 11.7 Å². The van der Waals surface area contributed by atoms with Gasteiger partial charge in [0.15, 0.2) is 0 Å². The van der Waals surface area contributed by atoms with Crippen molar-refractivity contribution in [2.24, 2.45) is 13.0 Å². The van der Waals surface area contributed by atoms with Crippen molar-refractivity contribution in [3.63, 3.8) is 0 Å². The molecule has 1 spiro atoms. The van der Waals surface area contributed by atoms with Crippen molar-refractivity contribution >= 4 is 5.91 Å². The molecule has 5 heterocycles. The van der Waals surface area contributed by atoms with Crippen molar-refractivity contribution in [2.45, 2.75) is 49.7 Å². The molecule has 6 nitrogen and oxygen atoms in total. The molecule has 1 aromatic carbocycles. The summed E-state index contributed by atoms with van der Waals surface area (Å²) in [5.74, 6) is 0.869. The molecule has 4 saturated heterocycles. The highest BCUT2D eigenvalue weighted by Crippen LogP contribution is 2.57. The fourth-order valence-corrected chi connectivity index (χ4v) is 7.01. The Morgan fingerprint density at radius 3 is 2.61 bits per heavy atom. The Kier molecular flexibility index (Phi) is 4.51. The highest BCUT2D eigenvalue weighted by Gasteiger charge is 2.66. The van der Waals surface area contributed by atoms with E-state index in [0.717, 1.165) is 64.0 Å². The molecule has 0 radical (unpaired) electrons. The van der Waals surface area contributed by atoms with Gasteiger partial charge in [-0.3, -0.25) is 14.4 Å². The maximum Gasteiger partial charge on any atom is 0.243 e. The number of rotatable bonds is 3. The number of likely N-dealkylation sites (tertiary alicyclic amines) is 2. The number of carbonyl (C=O) groups is 1. The third-order valence-corrected chi connectivity index (χ3v) is 8.47. The van der Waals surface area contributed by atoms with Gasteiger partial charge >= 0.3 is 0 Å². The predicted molar refractivity (Wildman–Crippen MR) is 120 cm³/mol. The normalized spacial score (nSPS) is 32.1. The smallest absolute Gasteiger partial charge is 0.243 e. The van der Waals surface area contributed by atoms with E-state index in [0.29, 0.717) is 23.9 Å². The Labute approximate surface area is 184 Å². The highest BCUT2D eigenvalue weighted by atomic mass is 16.2. The Morgan fingerprint density at radius 2 is 1.84 bits per heavy atom. The van der Waals surface area contributed by atoms with Crippen molar-refractivity contribution in [1.29, 1.82) is 0 Å². The Hall–Kier alpha value is -2.18. The molecule has 3 atom stereocenters. The van der Waals surface area contributed by atoms with E-state index in [2.05, 4.69) is 58.3 Å². The van der Waals surface area contributed by atoms with Crippen molar-refractivity contribution in [3.05, 3.63) is 42.1 Å². The minimum absolute atomic E-state index is 0.266. The van der Waals surface area contributed by atoms with Crippen LogP contribution in [-0.4, -0.2) is 75.2 Å². The molecule has 4 aliphatic heterocycles. The van der Waals surface area contributed by atoms with E-state index in [1.165, 1.54) is 11.1 Å². The highest BCUT2D eigenvalue weighted by molar-refractivity contribution is 5.90. The minimum atomic E-state index is -0.266. The standard InChI is InChI=1S/C25H33N5O/c1-27-13-9-20(10-14-27)29-16-19-15-22(30-12-6-11-25(19,30)24(29)31)21-17-28(2)26-23(21)18-7-4-3-5-8-18/h3-5,7-8,17,19-20,22H,6,9-16H2,1-2H3/t19-,22-,25-/m0/s1. The number of piperidine rings is 1. The van der Waals surface area contributed by atoms with Crippen LogP contribution in [0, 0.1) is 5.92 Å². The fourth-order valence-electron chi connectivity index (χ4n) is 7.01. The van der Waals surface area contributed by atoms with E-state index >= 15 is 0 Å². The minimum Gasteiger partial charge on any atom is -0.338 e. The van der Waals surface area contributed by atoms with Gasteiger partial charge in [0.2, 0.25) is 5.91 Å². The van der Waals surface area contributed by atoms with Crippen LogP contribution in [0.1, 0.15) is 43.7 Å². The van der Waals surface area contributed by atoms with E-state index in [4.69, 9.17) is 5.10 Å². The van der Waals surface area contributed by atoms with Gasteiger partial charge in [-0.05, 0) is 58.8 Å². The monoisotopic (exact) mass is 419 g/mol. The molecule has 164 valence electrons. The van der Waals surface area contributed by atoms with Gasteiger partial charge in [-0.2, -0.15) is 5.10 Å². The topological polar surface area (TPSA) is 44.6 Å². The van der Waals surface area contributed by atoms with Crippen LogP contribution < -0.4 is 0 Å². The van der Waals surface area contributed by atoms with Crippen LogP contribution in [0.4, 0.5) is 0 Å². The number of hydrogen-bond acceptors (Lipinski definition) is 4. The molecule has 31 heavy (non-hydrogen) atoms. The van der Waals surface area contributed by atoms with Gasteiger partial charge in [-0.1, -0.05) is 30.3 Å². The number of aromatic nitrogens is 2. The van der Waals surface area contributed by atoms with Gasteiger partial charge in [-0.25, -0.2) is 0 Å². The van der Waals surface area contributed by atoms with E-state index < -0.39 is 0 Å². The number of benzene rings is 1. The van der Waals surface area contributed by atoms with E-state index in [9.17, 15) is 4.79 Å². The lowest BCUT2D eigenvalue weighted by atomic mass is 9.85. The zero-order valence-electron chi connectivity index (χ0n) is 18.7. The summed E-state index contributed by atoms with van der Waals surface area (Å²) in [4.78, 5) is 21.2. The molecular weight excluding hydrogens is 386 g/mol. The number of aryl methyl sites for hydroxylation is 1. The third kappa shape index (κ3) is 2.84. The molecule has 2 aromatic rings. The van der Waals surface area contributed by atoms with Gasteiger partial charge in [-0.15, -0.1) is 0 Å². The molecule has 1 aromatic heterocycles. The summed E-state index contributed by atoms with van der Waals surface area (Å²) in [7, 11) is 4.20. The zero-order chi connectivity index (χ0) is 21.2. The molecule has 0 N–H and O–H groups in total. The summed E-state index contributed by atoms with van der Waals surface area (Å²) >= 11 is 0. The van der Waals surface area contributed by atoms with Crippen LogP contribution in [0.15, 0.2) is 36.5 Å². The second kappa shape index (κ2) is 7.17. The summed E-state index contributed by atoms with van der Waals surface area (Å²) in [6, 6.07) is 11.2. The third-order valence-electron chi connectivity index (χ3n) is 8.47. The van der Waals surface area contributed by atoms with Crippen molar-refractivity contribution in [2.75, 3.05) is 33.2 Å². The van der Waals surface area contributed by atoms with Gasteiger partial charge < -0.3 is 9.80 Å². The fraction of sp³-hybridized carbons (Fsp3) is 0.600. The molecule has 0 aliphatic carbocycles. The lowest BCUT2D eigenvalue weighted by Crippen LogP contribution is -2.52. The second-order valence-corrected chi connectivity index (χ2v) is 10.1. The summed E-state index contributed by atoms with van der Waals surface area (Å²) in [6.07, 6.45) is 7.65. The van der Waals surface area contributed by atoms with Gasteiger partial charge in [0.25, 0.3) is 0 Å². The number of hydrogen-bond donors (Lipinski definition) is 0. The van der Waals surface area contributed by atoms with Gasteiger partial charge in [0.1, 0.15) is 5.54 Å². The van der Waals surface area contributed by atoms with Gasteiger partial charge in [0.05, 0.1) is 5.69 Å². The maximum absolute atomic E-state index is 14.0. The number of nitrogens with zero attached hydrogens (tertiary/aromatic N) is 5. The number of carbonyl (C=O) groups excluding carboxylic acids is 1. The molecule has 1 amide bonds. The van der Waals surface area contributed by atoms with Gasteiger partial charge in [0, 0.05) is 48.9 Å². The van der Waals surface area contributed by atoms with Crippen LogP contribution in [0.25, 0.3) is 11.3 Å². The van der Waals surface area contributed by atoms with E-state index in [1.54, 1.807) is 0 Å². The quantitative estimate of drug-likeness (QED) is 0.767. The predicted octanol–water partition coefficient (Wildman–Crippen LogP) is 2.92. The molecule has 6 heteroatoms. The summed E-state index contributed by atoms with van der Waals surface area (Å²) in [6.45, 7) is 4.18. The first kappa shape index (κ1) is 19.5. The van der Waals surface area contributed by atoms with Crippen LogP contribution in [-0.2, 0) is 11.8 Å². The Morgan fingerprint density at radius 1 is 1.06 bits per heavy atom. The molecule has 6 rings (SSSR count). The zero-order valence-corrected chi connectivity index (χ0v) is 18.7. The molecular formula is C25H33N5O.